The molecular weight excluding hydrogens is 232 g/mol. The van der Waals surface area contributed by atoms with Crippen LogP contribution in [0.15, 0.2) is 12.1 Å². The molecule has 4 heteroatoms. The fourth-order valence-corrected chi connectivity index (χ4v) is 2.79. The van der Waals surface area contributed by atoms with E-state index in [4.69, 9.17) is 10.5 Å². The molecule has 98 valence electrons. The lowest BCUT2D eigenvalue weighted by molar-refractivity contribution is 0.0567. The Labute approximate surface area is 109 Å². The normalized spacial score (nSPS) is 13.6. The molecule has 0 saturated heterocycles. The van der Waals surface area contributed by atoms with Gasteiger partial charge in [-0.15, -0.1) is 11.3 Å². The molecule has 0 aliphatic rings. The maximum Gasteiger partial charge on any atom is 0.0597 e. The minimum absolute atomic E-state index is 0.295. The summed E-state index contributed by atoms with van der Waals surface area (Å²) < 4.78 is 5.57. The van der Waals surface area contributed by atoms with Crippen molar-refractivity contribution < 1.29 is 4.74 Å². The standard InChI is InChI=1S/C13H24N2OS/c1-10(2)16-8-7-15(4)12(9-14)13-6-5-11(3)17-13/h5-6,10,12H,7-9,14H2,1-4H3. The first-order valence-electron chi connectivity index (χ1n) is 6.12. The molecule has 1 atom stereocenters. The van der Waals surface area contributed by atoms with Gasteiger partial charge in [-0.05, 0) is 40.0 Å². The number of nitrogens with two attached hydrogens (primary N) is 1. The Morgan fingerprint density at radius 3 is 2.59 bits per heavy atom. The summed E-state index contributed by atoms with van der Waals surface area (Å²) in [4.78, 5) is 4.95. The fourth-order valence-electron chi connectivity index (χ4n) is 1.73. The molecule has 0 aromatic carbocycles. The zero-order chi connectivity index (χ0) is 12.8. The predicted molar refractivity (Wildman–Crippen MR) is 74.6 cm³/mol. The monoisotopic (exact) mass is 256 g/mol. The Balaban J connectivity index is 2.49. The summed E-state index contributed by atoms with van der Waals surface area (Å²) in [5.74, 6) is 0. The highest BCUT2D eigenvalue weighted by molar-refractivity contribution is 7.12. The number of rotatable bonds is 7. The maximum atomic E-state index is 5.87. The molecule has 1 aromatic heterocycles. The second-order valence-corrected chi connectivity index (χ2v) is 5.92. The van der Waals surface area contributed by atoms with Crippen LogP contribution in [0.5, 0.6) is 0 Å². The van der Waals surface area contributed by atoms with Gasteiger partial charge in [0.25, 0.3) is 0 Å². The van der Waals surface area contributed by atoms with Gasteiger partial charge in [0.05, 0.1) is 18.8 Å². The largest absolute Gasteiger partial charge is 0.377 e. The molecule has 0 amide bonds. The average Bonchev–Trinajstić information content (AvgIpc) is 2.65. The number of nitrogens with zero attached hydrogens (tertiary/aromatic N) is 1. The molecular formula is C13H24N2OS. The Hall–Kier alpha value is -0.420. The number of hydrogen-bond donors (Lipinski definition) is 1. The van der Waals surface area contributed by atoms with Crippen LogP contribution in [0, 0.1) is 6.92 Å². The second-order valence-electron chi connectivity index (χ2n) is 4.60. The molecule has 1 unspecified atom stereocenters. The van der Waals surface area contributed by atoms with Crippen LogP contribution in [-0.4, -0.2) is 37.7 Å². The molecule has 0 spiro atoms. The molecule has 17 heavy (non-hydrogen) atoms. The van der Waals surface area contributed by atoms with Crippen molar-refractivity contribution in [1.29, 1.82) is 0 Å². The first-order chi connectivity index (χ1) is 8.04. The minimum atomic E-state index is 0.295. The van der Waals surface area contributed by atoms with E-state index < -0.39 is 0 Å². The van der Waals surface area contributed by atoms with Gasteiger partial charge in [0.2, 0.25) is 0 Å². The SMILES string of the molecule is Cc1ccc(C(CN)N(C)CCOC(C)C)s1. The van der Waals surface area contributed by atoms with E-state index in [1.165, 1.54) is 9.75 Å². The van der Waals surface area contributed by atoms with E-state index in [2.05, 4.69) is 44.9 Å². The highest BCUT2D eigenvalue weighted by atomic mass is 32.1. The third-order valence-corrected chi connectivity index (χ3v) is 3.84. The zero-order valence-corrected chi connectivity index (χ0v) is 12.1. The number of thiophene rings is 1. The summed E-state index contributed by atoms with van der Waals surface area (Å²) in [7, 11) is 2.11. The number of ether oxygens (including phenoxy) is 1. The minimum Gasteiger partial charge on any atom is -0.377 e. The summed E-state index contributed by atoms with van der Waals surface area (Å²) in [6.45, 7) is 8.57. The number of hydrogen-bond acceptors (Lipinski definition) is 4. The van der Waals surface area contributed by atoms with Crippen molar-refractivity contribution in [2.24, 2.45) is 5.73 Å². The molecule has 1 aromatic rings. The molecule has 2 N–H and O–H groups in total. The van der Waals surface area contributed by atoms with E-state index in [1.54, 1.807) is 0 Å². The van der Waals surface area contributed by atoms with E-state index in [9.17, 15) is 0 Å². The Morgan fingerprint density at radius 2 is 2.12 bits per heavy atom. The Kier molecular flexibility index (Phi) is 6.12. The van der Waals surface area contributed by atoms with E-state index >= 15 is 0 Å². The van der Waals surface area contributed by atoms with Gasteiger partial charge in [0, 0.05) is 22.8 Å². The lowest BCUT2D eigenvalue weighted by atomic mass is 10.2. The van der Waals surface area contributed by atoms with Crippen LogP contribution in [0.3, 0.4) is 0 Å². The van der Waals surface area contributed by atoms with Gasteiger partial charge >= 0.3 is 0 Å². The van der Waals surface area contributed by atoms with Crippen LogP contribution in [0.2, 0.25) is 0 Å². The third kappa shape index (κ3) is 4.76. The van der Waals surface area contributed by atoms with Crippen LogP contribution in [-0.2, 0) is 4.74 Å². The molecule has 1 rings (SSSR count). The highest BCUT2D eigenvalue weighted by Crippen LogP contribution is 2.25. The first-order valence-corrected chi connectivity index (χ1v) is 6.94. The Bertz CT molecular complexity index is 325. The van der Waals surface area contributed by atoms with Gasteiger partial charge in [0.1, 0.15) is 0 Å². The number of aryl methyl sites for hydroxylation is 1. The summed E-state index contributed by atoms with van der Waals surface area (Å²) in [6, 6.07) is 4.64. The quantitative estimate of drug-likeness (QED) is 0.814. The van der Waals surface area contributed by atoms with E-state index in [0.29, 0.717) is 18.7 Å². The van der Waals surface area contributed by atoms with Crippen LogP contribution < -0.4 is 5.73 Å². The van der Waals surface area contributed by atoms with Gasteiger partial charge < -0.3 is 10.5 Å². The fraction of sp³-hybridized carbons (Fsp3) is 0.692. The Morgan fingerprint density at radius 1 is 1.41 bits per heavy atom. The molecule has 0 aliphatic carbocycles. The van der Waals surface area contributed by atoms with E-state index in [1.807, 2.05) is 11.3 Å². The van der Waals surface area contributed by atoms with Crippen molar-refractivity contribution in [3.63, 3.8) is 0 Å². The van der Waals surface area contributed by atoms with Crippen molar-refractivity contribution in [1.82, 2.24) is 4.90 Å². The molecule has 0 fully saturated rings. The lowest BCUT2D eigenvalue weighted by Gasteiger charge is -2.26. The van der Waals surface area contributed by atoms with Gasteiger partial charge in [-0.25, -0.2) is 0 Å². The number of likely N-dealkylation sites (N-methyl/N-ethyl adjacent to an activating group) is 1. The molecule has 0 saturated carbocycles. The van der Waals surface area contributed by atoms with E-state index in [-0.39, 0.29) is 0 Å². The highest BCUT2D eigenvalue weighted by Gasteiger charge is 2.16. The average molecular weight is 256 g/mol. The predicted octanol–water partition coefficient (Wildman–Crippen LogP) is 2.41. The zero-order valence-electron chi connectivity index (χ0n) is 11.3. The van der Waals surface area contributed by atoms with Crippen LogP contribution in [0.25, 0.3) is 0 Å². The summed E-state index contributed by atoms with van der Waals surface area (Å²) in [5, 5.41) is 0. The molecule has 0 bridgehead atoms. The third-order valence-electron chi connectivity index (χ3n) is 2.74. The van der Waals surface area contributed by atoms with Crippen molar-refractivity contribution in [2.45, 2.75) is 32.9 Å². The van der Waals surface area contributed by atoms with Gasteiger partial charge in [-0.3, -0.25) is 4.90 Å². The molecule has 3 nitrogen and oxygen atoms in total. The van der Waals surface area contributed by atoms with Gasteiger partial charge in [-0.2, -0.15) is 0 Å². The van der Waals surface area contributed by atoms with Gasteiger partial charge in [-0.1, -0.05) is 0 Å². The second kappa shape index (κ2) is 7.11. The van der Waals surface area contributed by atoms with Crippen molar-refractivity contribution in [3.05, 3.63) is 21.9 Å². The molecule has 0 aliphatic heterocycles. The topological polar surface area (TPSA) is 38.5 Å². The first kappa shape index (κ1) is 14.6. The van der Waals surface area contributed by atoms with Crippen LogP contribution >= 0.6 is 11.3 Å². The van der Waals surface area contributed by atoms with Crippen LogP contribution in [0.1, 0.15) is 29.6 Å². The van der Waals surface area contributed by atoms with Crippen molar-refractivity contribution in [2.75, 3.05) is 26.7 Å². The van der Waals surface area contributed by atoms with Gasteiger partial charge in [0.15, 0.2) is 0 Å². The maximum absolute atomic E-state index is 5.87. The summed E-state index contributed by atoms with van der Waals surface area (Å²) in [6.07, 6.45) is 0.295. The molecule has 0 radical (unpaired) electrons. The van der Waals surface area contributed by atoms with E-state index in [0.717, 1.165) is 13.2 Å². The summed E-state index contributed by atoms with van der Waals surface area (Å²) >= 11 is 1.83. The smallest absolute Gasteiger partial charge is 0.0597 e. The summed E-state index contributed by atoms with van der Waals surface area (Å²) in [5.41, 5.74) is 5.87. The van der Waals surface area contributed by atoms with Crippen molar-refractivity contribution >= 4 is 11.3 Å². The lowest BCUT2D eigenvalue weighted by Crippen LogP contribution is -2.33. The van der Waals surface area contributed by atoms with Crippen LogP contribution in [0.4, 0.5) is 0 Å². The molecule has 1 heterocycles. The van der Waals surface area contributed by atoms with Crippen molar-refractivity contribution in [3.8, 4) is 0 Å².